The van der Waals surface area contributed by atoms with Crippen molar-refractivity contribution in [3.05, 3.63) is 51.6 Å². The van der Waals surface area contributed by atoms with E-state index in [1.807, 2.05) is 0 Å². The molecule has 0 amide bonds. The Hall–Kier alpha value is -2.66. The van der Waals surface area contributed by atoms with Gasteiger partial charge in [-0.1, -0.05) is 11.6 Å². The average Bonchev–Trinajstić information content (AvgIpc) is 2.58. The quantitative estimate of drug-likeness (QED) is 0.789. The van der Waals surface area contributed by atoms with E-state index in [0.29, 0.717) is 22.1 Å². The standard InChI is InChI=1S/C17H13ClO5/c1-21-11-7-12-14(19)15(20)16(9-3-5-10(18)6-4-9)23-17(12)13(8-11)22-2/h3-8,20H,1-2H3. The van der Waals surface area contributed by atoms with Crippen LogP contribution in [0.3, 0.4) is 0 Å². The molecule has 0 bridgehead atoms. The van der Waals surface area contributed by atoms with Crippen LogP contribution in [0.15, 0.2) is 45.6 Å². The number of rotatable bonds is 3. The third kappa shape index (κ3) is 2.59. The predicted molar refractivity (Wildman–Crippen MR) is 87.7 cm³/mol. The summed E-state index contributed by atoms with van der Waals surface area (Å²) in [7, 11) is 2.94. The zero-order chi connectivity index (χ0) is 16.6. The molecule has 0 fully saturated rings. The fourth-order valence-electron chi connectivity index (χ4n) is 2.30. The van der Waals surface area contributed by atoms with Crippen molar-refractivity contribution in [1.82, 2.24) is 0 Å². The van der Waals surface area contributed by atoms with Gasteiger partial charge >= 0.3 is 0 Å². The van der Waals surface area contributed by atoms with E-state index in [9.17, 15) is 9.90 Å². The number of methoxy groups -OCH3 is 2. The number of aromatic hydroxyl groups is 1. The smallest absolute Gasteiger partial charge is 0.235 e. The number of benzene rings is 2. The molecule has 0 aliphatic rings. The minimum Gasteiger partial charge on any atom is -0.502 e. The van der Waals surface area contributed by atoms with Gasteiger partial charge in [0.15, 0.2) is 17.1 Å². The van der Waals surface area contributed by atoms with E-state index >= 15 is 0 Å². The largest absolute Gasteiger partial charge is 0.502 e. The van der Waals surface area contributed by atoms with Gasteiger partial charge in [0.25, 0.3) is 0 Å². The van der Waals surface area contributed by atoms with E-state index in [0.717, 1.165) is 0 Å². The van der Waals surface area contributed by atoms with E-state index in [1.54, 1.807) is 30.3 Å². The van der Waals surface area contributed by atoms with Crippen LogP contribution in [0.5, 0.6) is 17.2 Å². The van der Waals surface area contributed by atoms with Crippen LogP contribution in [-0.2, 0) is 0 Å². The van der Waals surface area contributed by atoms with Gasteiger partial charge in [-0.2, -0.15) is 0 Å². The summed E-state index contributed by atoms with van der Waals surface area (Å²) in [5, 5.41) is 10.9. The molecular weight excluding hydrogens is 320 g/mol. The molecule has 0 unspecified atom stereocenters. The molecule has 5 nitrogen and oxygen atoms in total. The summed E-state index contributed by atoms with van der Waals surface area (Å²) in [5.41, 5.74) is 0.207. The zero-order valence-electron chi connectivity index (χ0n) is 12.4. The fraction of sp³-hybridized carbons (Fsp3) is 0.118. The third-order valence-corrected chi connectivity index (χ3v) is 3.72. The van der Waals surface area contributed by atoms with Crippen LogP contribution in [0.2, 0.25) is 5.02 Å². The first kappa shape index (κ1) is 15.2. The van der Waals surface area contributed by atoms with Crippen molar-refractivity contribution in [3.8, 4) is 28.6 Å². The first-order valence-electron chi connectivity index (χ1n) is 6.73. The molecule has 0 aliphatic heterocycles. The number of fused-ring (bicyclic) bond motifs is 1. The maximum atomic E-state index is 12.5. The van der Waals surface area contributed by atoms with Crippen LogP contribution in [0.25, 0.3) is 22.3 Å². The molecule has 1 aromatic heterocycles. The summed E-state index contributed by atoms with van der Waals surface area (Å²) in [6.07, 6.45) is 0. The van der Waals surface area contributed by atoms with Crippen molar-refractivity contribution in [1.29, 1.82) is 0 Å². The van der Waals surface area contributed by atoms with Crippen LogP contribution in [0, 0.1) is 0 Å². The minimum absolute atomic E-state index is 0.0580. The Bertz CT molecular complexity index is 928. The van der Waals surface area contributed by atoms with Gasteiger partial charge in [0.05, 0.1) is 19.6 Å². The number of hydrogen-bond donors (Lipinski definition) is 1. The summed E-state index contributed by atoms with van der Waals surface area (Å²) in [6, 6.07) is 9.70. The van der Waals surface area contributed by atoms with Crippen molar-refractivity contribution in [2.24, 2.45) is 0 Å². The van der Waals surface area contributed by atoms with Gasteiger partial charge < -0.3 is 19.0 Å². The second-order valence-corrected chi connectivity index (χ2v) is 5.26. The lowest BCUT2D eigenvalue weighted by Gasteiger charge is -2.10. The molecule has 3 rings (SSSR count). The normalized spacial score (nSPS) is 10.7. The van der Waals surface area contributed by atoms with Crippen LogP contribution in [0.1, 0.15) is 0 Å². The topological polar surface area (TPSA) is 68.9 Å². The lowest BCUT2D eigenvalue weighted by atomic mass is 10.1. The minimum atomic E-state index is -0.562. The predicted octanol–water partition coefficient (Wildman–Crippen LogP) is 3.84. The van der Waals surface area contributed by atoms with Gasteiger partial charge in [-0.05, 0) is 30.3 Å². The van der Waals surface area contributed by atoms with Crippen molar-refractivity contribution >= 4 is 22.6 Å². The Morgan fingerprint density at radius 1 is 1.09 bits per heavy atom. The molecule has 0 radical (unpaired) electrons. The van der Waals surface area contributed by atoms with Crippen molar-refractivity contribution < 1.29 is 19.0 Å². The molecule has 3 aromatic rings. The maximum Gasteiger partial charge on any atom is 0.235 e. The molecule has 118 valence electrons. The molecular formula is C17H13ClO5. The SMILES string of the molecule is COc1cc(OC)c2oc(-c3ccc(Cl)cc3)c(O)c(=O)c2c1. The first-order valence-corrected chi connectivity index (χ1v) is 7.10. The summed E-state index contributed by atoms with van der Waals surface area (Å²) >= 11 is 5.86. The van der Waals surface area contributed by atoms with E-state index in [2.05, 4.69) is 0 Å². The number of halogens is 1. The van der Waals surface area contributed by atoms with Gasteiger partial charge in [-0.25, -0.2) is 0 Å². The van der Waals surface area contributed by atoms with E-state index in [1.165, 1.54) is 20.3 Å². The second-order valence-electron chi connectivity index (χ2n) is 4.82. The highest BCUT2D eigenvalue weighted by Crippen LogP contribution is 2.36. The first-order chi connectivity index (χ1) is 11.0. The summed E-state index contributed by atoms with van der Waals surface area (Å²) in [4.78, 5) is 12.5. The van der Waals surface area contributed by atoms with Crippen LogP contribution in [0.4, 0.5) is 0 Å². The van der Waals surface area contributed by atoms with Gasteiger partial charge in [0, 0.05) is 16.7 Å². The van der Waals surface area contributed by atoms with Crippen molar-refractivity contribution in [2.75, 3.05) is 14.2 Å². The fourth-order valence-corrected chi connectivity index (χ4v) is 2.42. The van der Waals surface area contributed by atoms with Crippen LogP contribution >= 0.6 is 11.6 Å². The molecule has 1 N–H and O–H groups in total. The highest BCUT2D eigenvalue weighted by atomic mass is 35.5. The van der Waals surface area contributed by atoms with Crippen molar-refractivity contribution in [2.45, 2.75) is 0 Å². The average molecular weight is 333 g/mol. The molecule has 2 aromatic carbocycles. The van der Waals surface area contributed by atoms with Gasteiger partial charge in [0.2, 0.25) is 11.2 Å². The molecule has 0 saturated carbocycles. The summed E-state index contributed by atoms with van der Waals surface area (Å²) in [6.45, 7) is 0. The Morgan fingerprint density at radius 3 is 2.39 bits per heavy atom. The molecule has 6 heteroatoms. The second kappa shape index (κ2) is 5.85. The third-order valence-electron chi connectivity index (χ3n) is 3.47. The van der Waals surface area contributed by atoms with E-state index < -0.39 is 11.2 Å². The maximum absolute atomic E-state index is 12.5. The van der Waals surface area contributed by atoms with E-state index in [-0.39, 0.29) is 16.7 Å². The van der Waals surface area contributed by atoms with Crippen LogP contribution in [-0.4, -0.2) is 19.3 Å². The Morgan fingerprint density at radius 2 is 1.78 bits per heavy atom. The molecule has 0 saturated heterocycles. The van der Waals surface area contributed by atoms with Gasteiger partial charge in [-0.3, -0.25) is 4.79 Å². The van der Waals surface area contributed by atoms with Gasteiger partial charge in [0.1, 0.15) is 5.75 Å². The summed E-state index contributed by atoms with van der Waals surface area (Å²) < 4.78 is 16.1. The zero-order valence-corrected chi connectivity index (χ0v) is 13.2. The Kier molecular flexibility index (Phi) is 3.88. The number of ether oxygens (including phenoxy) is 2. The monoisotopic (exact) mass is 332 g/mol. The molecule has 0 aliphatic carbocycles. The molecule has 0 atom stereocenters. The number of hydrogen-bond acceptors (Lipinski definition) is 5. The van der Waals surface area contributed by atoms with Gasteiger partial charge in [-0.15, -0.1) is 0 Å². The highest BCUT2D eigenvalue weighted by molar-refractivity contribution is 6.30. The van der Waals surface area contributed by atoms with Crippen molar-refractivity contribution in [3.63, 3.8) is 0 Å². The lowest BCUT2D eigenvalue weighted by molar-refractivity contribution is 0.390. The molecule has 0 spiro atoms. The summed E-state index contributed by atoms with van der Waals surface area (Å²) in [5.74, 6) is 0.352. The lowest BCUT2D eigenvalue weighted by Crippen LogP contribution is -2.04. The Labute approximate surface area is 136 Å². The van der Waals surface area contributed by atoms with Crippen LogP contribution < -0.4 is 14.9 Å². The Balaban J connectivity index is 2.35. The highest BCUT2D eigenvalue weighted by Gasteiger charge is 2.19. The van der Waals surface area contributed by atoms with E-state index in [4.69, 9.17) is 25.5 Å². The molecule has 23 heavy (non-hydrogen) atoms. The molecule has 1 heterocycles.